The summed E-state index contributed by atoms with van der Waals surface area (Å²) in [6.07, 6.45) is -4.00. The molecular weight excluding hydrogens is 461 g/mol. The summed E-state index contributed by atoms with van der Waals surface area (Å²) in [5, 5.41) is 0. The van der Waals surface area contributed by atoms with Crippen molar-refractivity contribution in [3.05, 3.63) is 59.2 Å². The van der Waals surface area contributed by atoms with Gasteiger partial charge in [-0.2, -0.15) is 13.2 Å². The Morgan fingerprint density at radius 2 is 1.83 bits per heavy atom. The van der Waals surface area contributed by atoms with Gasteiger partial charge in [0.05, 0.1) is 19.3 Å². The minimum absolute atomic E-state index is 0.0457. The normalized spacial score (nSPS) is 18.3. The van der Waals surface area contributed by atoms with Crippen LogP contribution in [-0.4, -0.2) is 57.7 Å². The molecule has 1 aliphatic rings. The number of alkyl halides is 3. The van der Waals surface area contributed by atoms with E-state index in [0.29, 0.717) is 30.1 Å². The number of benzene rings is 2. The van der Waals surface area contributed by atoms with Crippen molar-refractivity contribution in [2.75, 3.05) is 45.8 Å². The number of ether oxygens (including phenoxy) is 2. The molecule has 6 nitrogen and oxygen atoms in total. The number of likely N-dealkylation sites (N-methyl/N-ethyl adjacent to an activating group) is 1. The molecule has 1 heterocycles. The summed E-state index contributed by atoms with van der Waals surface area (Å²) < 4.78 is 51.1. The molecule has 0 aliphatic carbocycles. The second-order valence-corrected chi connectivity index (χ2v) is 8.95. The number of methoxy groups -OCH3 is 1. The average Bonchev–Trinajstić information content (AvgIpc) is 2.91. The lowest BCUT2D eigenvalue weighted by atomic mass is 9.80. The number of hydrogen-bond donors (Lipinski definition) is 0. The zero-order chi connectivity index (χ0) is 25.8. The number of fused-ring (bicyclic) bond motifs is 1. The highest BCUT2D eigenvalue weighted by Crippen LogP contribution is 2.42. The Bertz CT molecular complexity index is 1040. The van der Waals surface area contributed by atoms with Crippen molar-refractivity contribution in [1.82, 2.24) is 4.90 Å². The van der Waals surface area contributed by atoms with E-state index in [4.69, 9.17) is 9.47 Å². The molecular formula is C26H31F3N2O4. The first-order valence-electron chi connectivity index (χ1n) is 11.4. The van der Waals surface area contributed by atoms with Gasteiger partial charge in [0.2, 0.25) is 5.91 Å². The van der Waals surface area contributed by atoms with E-state index in [-0.39, 0.29) is 25.4 Å². The average molecular weight is 493 g/mol. The first-order chi connectivity index (χ1) is 16.5. The van der Waals surface area contributed by atoms with Crippen molar-refractivity contribution >= 4 is 17.6 Å². The van der Waals surface area contributed by atoms with E-state index in [1.54, 1.807) is 24.1 Å². The van der Waals surface area contributed by atoms with Gasteiger partial charge in [0, 0.05) is 31.6 Å². The van der Waals surface area contributed by atoms with Crippen molar-refractivity contribution in [2.24, 2.45) is 5.92 Å². The lowest BCUT2D eigenvalue weighted by molar-refractivity contribution is -0.142. The summed E-state index contributed by atoms with van der Waals surface area (Å²) >= 11 is 0. The van der Waals surface area contributed by atoms with E-state index in [2.05, 4.69) is 0 Å². The molecule has 2 aromatic carbocycles. The van der Waals surface area contributed by atoms with Crippen molar-refractivity contribution in [2.45, 2.75) is 31.9 Å². The van der Waals surface area contributed by atoms with Gasteiger partial charge in [-0.25, -0.2) is 0 Å². The Labute approximate surface area is 203 Å². The van der Waals surface area contributed by atoms with Crippen LogP contribution in [0.1, 0.15) is 36.0 Å². The SMILES string of the molecule is COc1ccc([C@@H]2Cc3cc(C(F)(F)F)ccc3N(CCN(C)C)C(=O)[C@@H]2CCOC(C)=O)cc1. The molecule has 0 aromatic heterocycles. The maximum absolute atomic E-state index is 13.9. The zero-order valence-electron chi connectivity index (χ0n) is 20.4. The molecule has 3 rings (SSSR count). The van der Waals surface area contributed by atoms with E-state index in [1.807, 2.05) is 31.1 Å². The molecule has 0 spiro atoms. The van der Waals surface area contributed by atoms with E-state index in [1.165, 1.54) is 13.0 Å². The largest absolute Gasteiger partial charge is 0.497 e. The van der Waals surface area contributed by atoms with Crippen molar-refractivity contribution < 1.29 is 32.2 Å². The number of carbonyl (C=O) groups is 2. The van der Waals surface area contributed by atoms with Crippen LogP contribution in [0.4, 0.5) is 18.9 Å². The summed E-state index contributed by atoms with van der Waals surface area (Å²) in [5.74, 6) is -1.01. The van der Waals surface area contributed by atoms with Gasteiger partial charge in [0.15, 0.2) is 0 Å². The third-order valence-electron chi connectivity index (χ3n) is 6.26. The van der Waals surface area contributed by atoms with Crippen LogP contribution in [0.3, 0.4) is 0 Å². The Balaban J connectivity index is 2.11. The predicted octanol–water partition coefficient (Wildman–Crippen LogP) is 4.52. The molecule has 0 bridgehead atoms. The Morgan fingerprint density at radius 3 is 2.40 bits per heavy atom. The zero-order valence-corrected chi connectivity index (χ0v) is 20.4. The summed E-state index contributed by atoms with van der Waals surface area (Å²) in [4.78, 5) is 28.8. The smallest absolute Gasteiger partial charge is 0.416 e. The molecule has 0 saturated heterocycles. The third kappa shape index (κ3) is 6.54. The van der Waals surface area contributed by atoms with Crippen LogP contribution in [0.25, 0.3) is 0 Å². The maximum atomic E-state index is 13.9. The molecule has 9 heteroatoms. The minimum atomic E-state index is -4.50. The first kappa shape index (κ1) is 26.5. The monoisotopic (exact) mass is 492 g/mol. The third-order valence-corrected chi connectivity index (χ3v) is 6.26. The highest BCUT2D eigenvalue weighted by molar-refractivity contribution is 5.97. The van der Waals surface area contributed by atoms with E-state index < -0.39 is 29.5 Å². The molecule has 0 radical (unpaired) electrons. The van der Waals surface area contributed by atoms with Crippen LogP contribution in [0.2, 0.25) is 0 Å². The number of anilines is 1. The van der Waals surface area contributed by atoms with Crippen molar-refractivity contribution in [3.63, 3.8) is 0 Å². The Morgan fingerprint density at radius 1 is 1.14 bits per heavy atom. The number of hydrogen-bond acceptors (Lipinski definition) is 5. The second kappa shape index (κ2) is 11.1. The number of carbonyl (C=O) groups excluding carboxylic acids is 2. The van der Waals surface area contributed by atoms with E-state index in [9.17, 15) is 22.8 Å². The lowest BCUT2D eigenvalue weighted by Gasteiger charge is -2.29. The number of amides is 1. The van der Waals surface area contributed by atoms with Crippen molar-refractivity contribution in [3.8, 4) is 5.75 Å². The molecule has 0 fully saturated rings. The molecule has 2 atom stereocenters. The van der Waals surface area contributed by atoms with E-state index >= 15 is 0 Å². The quantitative estimate of drug-likeness (QED) is 0.508. The fourth-order valence-corrected chi connectivity index (χ4v) is 4.45. The molecule has 1 amide bonds. The summed E-state index contributed by atoms with van der Waals surface area (Å²) in [7, 11) is 5.28. The van der Waals surface area contributed by atoms with Crippen LogP contribution in [0.15, 0.2) is 42.5 Å². The number of esters is 1. The van der Waals surface area contributed by atoms with Gasteiger partial charge in [0.25, 0.3) is 0 Å². The lowest BCUT2D eigenvalue weighted by Crippen LogP contribution is -2.41. The highest BCUT2D eigenvalue weighted by atomic mass is 19.4. The van der Waals surface area contributed by atoms with Gasteiger partial charge < -0.3 is 19.3 Å². The molecule has 0 unspecified atom stereocenters. The summed E-state index contributed by atoms with van der Waals surface area (Å²) in [6, 6.07) is 10.8. The van der Waals surface area contributed by atoms with Gasteiger partial charge in [-0.1, -0.05) is 12.1 Å². The second-order valence-electron chi connectivity index (χ2n) is 8.95. The topological polar surface area (TPSA) is 59.1 Å². The molecule has 35 heavy (non-hydrogen) atoms. The fourth-order valence-electron chi connectivity index (χ4n) is 4.45. The van der Waals surface area contributed by atoms with Crippen LogP contribution < -0.4 is 9.64 Å². The fraction of sp³-hybridized carbons (Fsp3) is 0.462. The maximum Gasteiger partial charge on any atom is 0.416 e. The van der Waals surface area contributed by atoms with E-state index in [0.717, 1.165) is 17.7 Å². The molecule has 2 aromatic rings. The summed E-state index contributed by atoms with van der Waals surface area (Å²) in [6.45, 7) is 2.21. The van der Waals surface area contributed by atoms with Crippen LogP contribution >= 0.6 is 0 Å². The van der Waals surface area contributed by atoms with Gasteiger partial charge in [-0.05, 0) is 74.3 Å². The van der Waals surface area contributed by atoms with Crippen LogP contribution in [-0.2, 0) is 26.9 Å². The number of nitrogens with zero attached hydrogens (tertiary/aromatic N) is 2. The molecule has 0 saturated carbocycles. The van der Waals surface area contributed by atoms with Gasteiger partial charge in [-0.15, -0.1) is 0 Å². The predicted molar refractivity (Wildman–Crippen MR) is 127 cm³/mol. The highest BCUT2D eigenvalue weighted by Gasteiger charge is 2.39. The van der Waals surface area contributed by atoms with Crippen LogP contribution in [0.5, 0.6) is 5.75 Å². The Hall–Kier alpha value is -3.07. The standard InChI is InChI=1S/C26H31F3N2O4/c1-17(32)35-14-11-22-23(18-5-8-21(34-4)9-6-18)16-19-15-20(26(27,28)29)7-10-24(19)31(25(22)33)13-12-30(2)3/h5-10,15,22-23H,11-14,16H2,1-4H3/t22-,23+/m1/s1. The molecule has 0 N–H and O–H groups in total. The number of halogens is 3. The van der Waals surface area contributed by atoms with Gasteiger partial charge in [0.1, 0.15) is 5.75 Å². The minimum Gasteiger partial charge on any atom is -0.497 e. The number of rotatable bonds is 8. The summed E-state index contributed by atoms with van der Waals surface area (Å²) in [5.41, 5.74) is 1.01. The Kier molecular flexibility index (Phi) is 8.43. The first-order valence-corrected chi connectivity index (χ1v) is 11.4. The van der Waals surface area contributed by atoms with Gasteiger partial charge in [-0.3, -0.25) is 9.59 Å². The molecule has 190 valence electrons. The van der Waals surface area contributed by atoms with Gasteiger partial charge >= 0.3 is 12.1 Å². The van der Waals surface area contributed by atoms with Crippen molar-refractivity contribution in [1.29, 1.82) is 0 Å². The van der Waals surface area contributed by atoms with Crippen LogP contribution in [0, 0.1) is 5.92 Å². The molecule has 1 aliphatic heterocycles.